The number of likely N-dealkylation sites (tertiary alicyclic amines) is 1. The zero-order valence-corrected chi connectivity index (χ0v) is 14.4. The normalized spacial score (nSPS) is 20.5. The second-order valence-electron chi connectivity index (χ2n) is 7.24. The Hall–Kier alpha value is -1.86. The Labute approximate surface area is 144 Å². The van der Waals surface area contributed by atoms with E-state index in [0.717, 1.165) is 18.5 Å². The van der Waals surface area contributed by atoms with Crippen molar-refractivity contribution in [3.8, 4) is 6.07 Å². The molecule has 0 unspecified atom stereocenters. The van der Waals surface area contributed by atoms with Crippen LogP contribution in [-0.2, 0) is 17.9 Å². The molecular weight excluding hydrogens is 298 g/mol. The van der Waals surface area contributed by atoms with Gasteiger partial charge in [0.25, 0.3) is 0 Å². The average Bonchev–Trinajstić information content (AvgIpc) is 2.81. The van der Waals surface area contributed by atoms with Gasteiger partial charge in [-0.15, -0.1) is 0 Å². The summed E-state index contributed by atoms with van der Waals surface area (Å²) in [6.07, 6.45) is 7.67. The molecule has 1 amide bonds. The van der Waals surface area contributed by atoms with E-state index < -0.39 is 5.41 Å². The second-order valence-corrected chi connectivity index (χ2v) is 7.24. The van der Waals surface area contributed by atoms with Crippen LogP contribution in [0.15, 0.2) is 24.3 Å². The minimum atomic E-state index is -0.760. The first-order valence-corrected chi connectivity index (χ1v) is 9.22. The standard InChI is InChI=1S/C20H27N3O/c21-16-20(9-6-10-20)19(24)22-14-17-7-5-8-18(13-17)15-23-11-3-1-2-4-12-23/h5,7-8,13H,1-4,6,9-12,14-15H2,(H,22,24). The Morgan fingerprint density at radius 1 is 1.12 bits per heavy atom. The fourth-order valence-electron chi connectivity index (χ4n) is 3.66. The average molecular weight is 325 g/mol. The van der Waals surface area contributed by atoms with Crippen LogP contribution < -0.4 is 5.32 Å². The van der Waals surface area contributed by atoms with E-state index in [4.69, 9.17) is 0 Å². The van der Waals surface area contributed by atoms with Crippen molar-refractivity contribution in [3.05, 3.63) is 35.4 Å². The second kappa shape index (κ2) is 7.81. The summed E-state index contributed by atoms with van der Waals surface area (Å²) in [5, 5.41) is 12.2. The van der Waals surface area contributed by atoms with E-state index >= 15 is 0 Å². The van der Waals surface area contributed by atoms with Crippen molar-refractivity contribution in [1.29, 1.82) is 5.26 Å². The SMILES string of the molecule is N#CC1(C(=O)NCc2cccc(CN3CCCCCC3)c2)CCC1. The van der Waals surface area contributed by atoms with Crippen LogP contribution in [-0.4, -0.2) is 23.9 Å². The van der Waals surface area contributed by atoms with Crippen molar-refractivity contribution in [2.45, 2.75) is 58.0 Å². The highest BCUT2D eigenvalue weighted by Crippen LogP contribution is 2.40. The molecule has 4 heteroatoms. The number of nitrogens with one attached hydrogen (secondary N) is 1. The number of benzene rings is 1. The van der Waals surface area contributed by atoms with Crippen LogP contribution in [0, 0.1) is 16.7 Å². The summed E-state index contributed by atoms with van der Waals surface area (Å²) in [6.45, 7) is 3.87. The molecule has 3 rings (SSSR count). The smallest absolute Gasteiger partial charge is 0.240 e. The monoisotopic (exact) mass is 325 g/mol. The van der Waals surface area contributed by atoms with Crippen LogP contribution in [0.25, 0.3) is 0 Å². The van der Waals surface area contributed by atoms with Gasteiger partial charge in [0.15, 0.2) is 0 Å². The third-order valence-electron chi connectivity index (χ3n) is 5.41. The Bertz CT molecular complexity index is 608. The summed E-state index contributed by atoms with van der Waals surface area (Å²) >= 11 is 0. The van der Waals surface area contributed by atoms with Gasteiger partial charge in [-0.25, -0.2) is 0 Å². The number of carbonyl (C=O) groups excluding carboxylic acids is 1. The number of amides is 1. The fourth-order valence-corrected chi connectivity index (χ4v) is 3.66. The van der Waals surface area contributed by atoms with E-state index in [-0.39, 0.29) is 5.91 Å². The van der Waals surface area contributed by atoms with E-state index in [1.807, 2.05) is 6.07 Å². The van der Waals surface area contributed by atoms with E-state index in [0.29, 0.717) is 19.4 Å². The zero-order valence-electron chi connectivity index (χ0n) is 14.4. The maximum absolute atomic E-state index is 12.2. The molecule has 1 aromatic rings. The highest BCUT2D eigenvalue weighted by atomic mass is 16.2. The van der Waals surface area contributed by atoms with Crippen LogP contribution in [0.1, 0.15) is 56.1 Å². The summed E-state index contributed by atoms with van der Waals surface area (Å²) in [6, 6.07) is 10.7. The molecule has 1 heterocycles. The first-order valence-electron chi connectivity index (χ1n) is 9.22. The molecule has 2 aliphatic rings. The van der Waals surface area contributed by atoms with Crippen LogP contribution in [0.2, 0.25) is 0 Å². The summed E-state index contributed by atoms with van der Waals surface area (Å²) in [5.74, 6) is -0.103. The topological polar surface area (TPSA) is 56.1 Å². The van der Waals surface area contributed by atoms with Gasteiger partial charge in [0.2, 0.25) is 5.91 Å². The third-order valence-corrected chi connectivity index (χ3v) is 5.41. The number of nitriles is 1. The molecule has 1 saturated heterocycles. The molecule has 0 bridgehead atoms. The molecule has 1 saturated carbocycles. The Balaban J connectivity index is 1.55. The summed E-state index contributed by atoms with van der Waals surface area (Å²) in [7, 11) is 0. The summed E-state index contributed by atoms with van der Waals surface area (Å²) in [5.41, 5.74) is 1.66. The first kappa shape index (κ1) is 17.0. The van der Waals surface area contributed by atoms with Gasteiger partial charge in [-0.2, -0.15) is 5.26 Å². The lowest BCUT2D eigenvalue weighted by molar-refractivity contribution is -0.131. The number of hydrogen-bond donors (Lipinski definition) is 1. The molecule has 0 atom stereocenters. The Morgan fingerprint density at radius 3 is 2.46 bits per heavy atom. The molecule has 1 aliphatic heterocycles. The lowest BCUT2D eigenvalue weighted by Crippen LogP contribution is -2.44. The van der Waals surface area contributed by atoms with Gasteiger partial charge in [-0.05, 0) is 56.3 Å². The van der Waals surface area contributed by atoms with Crippen molar-refractivity contribution < 1.29 is 4.79 Å². The molecule has 24 heavy (non-hydrogen) atoms. The van der Waals surface area contributed by atoms with Gasteiger partial charge in [0.05, 0.1) is 6.07 Å². The predicted octanol–water partition coefficient (Wildman–Crippen LogP) is 3.37. The molecule has 2 fully saturated rings. The number of hydrogen-bond acceptors (Lipinski definition) is 3. The van der Waals surface area contributed by atoms with Gasteiger partial charge < -0.3 is 5.32 Å². The van der Waals surface area contributed by atoms with Crippen molar-refractivity contribution >= 4 is 5.91 Å². The largest absolute Gasteiger partial charge is 0.351 e. The lowest BCUT2D eigenvalue weighted by atomic mass is 9.69. The highest BCUT2D eigenvalue weighted by Gasteiger charge is 2.44. The van der Waals surface area contributed by atoms with Crippen molar-refractivity contribution in [1.82, 2.24) is 10.2 Å². The van der Waals surface area contributed by atoms with Crippen LogP contribution in [0.4, 0.5) is 0 Å². The molecule has 4 nitrogen and oxygen atoms in total. The highest BCUT2D eigenvalue weighted by molar-refractivity contribution is 5.86. The Morgan fingerprint density at radius 2 is 1.83 bits per heavy atom. The Kier molecular flexibility index (Phi) is 5.52. The van der Waals surface area contributed by atoms with E-state index in [1.54, 1.807) is 0 Å². The lowest BCUT2D eigenvalue weighted by Gasteiger charge is -2.33. The zero-order chi connectivity index (χ0) is 16.8. The van der Waals surface area contributed by atoms with Gasteiger partial charge in [0, 0.05) is 13.1 Å². The molecule has 1 aliphatic carbocycles. The number of carbonyl (C=O) groups is 1. The van der Waals surface area contributed by atoms with E-state index in [1.165, 1.54) is 44.3 Å². The number of rotatable bonds is 5. The van der Waals surface area contributed by atoms with Crippen LogP contribution in [0.5, 0.6) is 0 Å². The van der Waals surface area contributed by atoms with Gasteiger partial charge >= 0.3 is 0 Å². The summed E-state index contributed by atoms with van der Waals surface area (Å²) in [4.78, 5) is 14.8. The summed E-state index contributed by atoms with van der Waals surface area (Å²) < 4.78 is 0. The minimum absolute atomic E-state index is 0.103. The van der Waals surface area contributed by atoms with Crippen LogP contribution in [0.3, 0.4) is 0 Å². The molecule has 128 valence electrons. The van der Waals surface area contributed by atoms with Crippen LogP contribution >= 0.6 is 0 Å². The molecular formula is C20H27N3O. The minimum Gasteiger partial charge on any atom is -0.351 e. The molecule has 0 spiro atoms. The maximum atomic E-state index is 12.2. The number of nitrogens with zero attached hydrogens (tertiary/aromatic N) is 2. The quantitative estimate of drug-likeness (QED) is 0.903. The third kappa shape index (κ3) is 3.96. The molecule has 1 N–H and O–H groups in total. The molecule has 1 aromatic carbocycles. The predicted molar refractivity (Wildman–Crippen MR) is 93.9 cm³/mol. The molecule has 0 radical (unpaired) electrons. The first-order chi connectivity index (χ1) is 11.7. The van der Waals surface area contributed by atoms with Gasteiger partial charge in [0.1, 0.15) is 5.41 Å². The van der Waals surface area contributed by atoms with E-state index in [9.17, 15) is 10.1 Å². The fraction of sp³-hybridized carbons (Fsp3) is 0.600. The van der Waals surface area contributed by atoms with Crippen molar-refractivity contribution in [2.75, 3.05) is 13.1 Å². The maximum Gasteiger partial charge on any atom is 0.240 e. The van der Waals surface area contributed by atoms with Gasteiger partial charge in [-0.1, -0.05) is 37.1 Å². The van der Waals surface area contributed by atoms with E-state index in [2.05, 4.69) is 34.5 Å². The van der Waals surface area contributed by atoms with Crippen molar-refractivity contribution in [3.63, 3.8) is 0 Å². The van der Waals surface area contributed by atoms with Crippen molar-refractivity contribution in [2.24, 2.45) is 5.41 Å². The molecule has 0 aromatic heterocycles. The van der Waals surface area contributed by atoms with Gasteiger partial charge in [-0.3, -0.25) is 9.69 Å².